The van der Waals surface area contributed by atoms with Gasteiger partial charge >= 0.3 is 0 Å². The number of nitrogens with two attached hydrogens (primary N) is 1. The fourth-order valence-corrected chi connectivity index (χ4v) is 3.18. The first-order valence-electron chi connectivity index (χ1n) is 6.54. The Morgan fingerprint density at radius 2 is 1.87 bits per heavy atom. The minimum Gasteiger partial charge on any atom is -0.381 e. The molecule has 1 aliphatic heterocycles. The Morgan fingerprint density at radius 3 is 2.47 bits per heavy atom. The highest BCUT2D eigenvalue weighted by Crippen LogP contribution is 2.42. The summed E-state index contributed by atoms with van der Waals surface area (Å²) >= 11 is 0. The van der Waals surface area contributed by atoms with Crippen LogP contribution in [0.3, 0.4) is 0 Å². The third kappa shape index (κ3) is 2.73. The lowest BCUT2D eigenvalue weighted by molar-refractivity contribution is 0.0558. The van der Waals surface area contributed by atoms with E-state index >= 15 is 0 Å². The van der Waals surface area contributed by atoms with Crippen molar-refractivity contribution in [1.82, 2.24) is 0 Å². The quantitative estimate of drug-likeness (QED) is 0.779. The summed E-state index contributed by atoms with van der Waals surface area (Å²) in [4.78, 5) is 0. The average molecular weight is 211 g/mol. The lowest BCUT2D eigenvalue weighted by Crippen LogP contribution is -2.39. The van der Waals surface area contributed by atoms with Gasteiger partial charge in [-0.1, -0.05) is 19.8 Å². The van der Waals surface area contributed by atoms with Crippen molar-refractivity contribution in [2.75, 3.05) is 13.2 Å². The Hall–Kier alpha value is -0.0800. The van der Waals surface area contributed by atoms with Crippen LogP contribution in [0.4, 0.5) is 0 Å². The highest BCUT2D eigenvalue weighted by molar-refractivity contribution is 4.90. The van der Waals surface area contributed by atoms with Crippen LogP contribution >= 0.6 is 0 Å². The summed E-state index contributed by atoms with van der Waals surface area (Å²) in [7, 11) is 0. The summed E-state index contributed by atoms with van der Waals surface area (Å²) in [5.74, 6) is 0.825. The second-order valence-electron chi connectivity index (χ2n) is 5.76. The Balaban J connectivity index is 1.82. The van der Waals surface area contributed by atoms with Crippen molar-refractivity contribution in [2.24, 2.45) is 17.1 Å². The molecule has 0 aromatic heterocycles. The SMILES string of the molecule is CC1(C(N)CC2CCOCC2)CCCC1. The third-order valence-electron chi connectivity index (χ3n) is 4.57. The third-order valence-corrected chi connectivity index (χ3v) is 4.57. The summed E-state index contributed by atoms with van der Waals surface area (Å²) in [5, 5.41) is 0. The number of rotatable bonds is 3. The first-order chi connectivity index (χ1) is 7.21. The topological polar surface area (TPSA) is 35.2 Å². The monoisotopic (exact) mass is 211 g/mol. The number of ether oxygens (including phenoxy) is 1. The maximum atomic E-state index is 6.40. The van der Waals surface area contributed by atoms with Gasteiger partial charge < -0.3 is 10.5 Å². The molecule has 1 saturated carbocycles. The van der Waals surface area contributed by atoms with Crippen LogP contribution in [0.25, 0.3) is 0 Å². The maximum absolute atomic E-state index is 6.40. The molecular weight excluding hydrogens is 186 g/mol. The van der Waals surface area contributed by atoms with Crippen molar-refractivity contribution in [3.05, 3.63) is 0 Å². The van der Waals surface area contributed by atoms with Gasteiger partial charge in [0.2, 0.25) is 0 Å². The predicted octanol–water partition coefficient (Wildman–Crippen LogP) is 2.71. The molecule has 15 heavy (non-hydrogen) atoms. The molecule has 88 valence electrons. The average Bonchev–Trinajstić information content (AvgIpc) is 2.68. The molecule has 2 N–H and O–H groups in total. The second-order valence-corrected chi connectivity index (χ2v) is 5.76. The molecule has 1 atom stereocenters. The van der Waals surface area contributed by atoms with Crippen molar-refractivity contribution in [3.63, 3.8) is 0 Å². The molecule has 0 bridgehead atoms. The number of hydrogen-bond acceptors (Lipinski definition) is 2. The van der Waals surface area contributed by atoms with Gasteiger partial charge in [0.1, 0.15) is 0 Å². The molecule has 2 rings (SSSR count). The zero-order chi connectivity index (χ0) is 10.7. The normalized spacial score (nSPS) is 29.2. The fourth-order valence-electron chi connectivity index (χ4n) is 3.18. The lowest BCUT2D eigenvalue weighted by Gasteiger charge is -2.34. The molecule has 2 fully saturated rings. The van der Waals surface area contributed by atoms with Gasteiger partial charge in [-0.25, -0.2) is 0 Å². The molecule has 1 unspecified atom stereocenters. The molecule has 2 aliphatic rings. The van der Waals surface area contributed by atoms with Gasteiger partial charge in [0.05, 0.1) is 0 Å². The summed E-state index contributed by atoms with van der Waals surface area (Å²) in [6.07, 6.45) is 9.14. The van der Waals surface area contributed by atoms with Crippen molar-refractivity contribution < 1.29 is 4.74 Å². The minimum atomic E-state index is 0.420. The summed E-state index contributed by atoms with van der Waals surface area (Å²) in [5.41, 5.74) is 6.85. The van der Waals surface area contributed by atoms with Gasteiger partial charge in [-0.2, -0.15) is 0 Å². The van der Waals surface area contributed by atoms with E-state index in [0.717, 1.165) is 19.1 Å². The molecule has 0 radical (unpaired) electrons. The molecular formula is C13H25NO. The van der Waals surface area contributed by atoms with E-state index in [1.54, 1.807) is 0 Å². The molecule has 0 spiro atoms. The van der Waals surface area contributed by atoms with Crippen molar-refractivity contribution >= 4 is 0 Å². The maximum Gasteiger partial charge on any atom is 0.0468 e. The Labute approximate surface area is 93.6 Å². The van der Waals surface area contributed by atoms with Crippen molar-refractivity contribution in [1.29, 1.82) is 0 Å². The van der Waals surface area contributed by atoms with Crippen LogP contribution in [-0.4, -0.2) is 19.3 Å². The van der Waals surface area contributed by atoms with E-state index in [0.29, 0.717) is 11.5 Å². The van der Waals surface area contributed by atoms with Crippen molar-refractivity contribution in [2.45, 2.75) is 57.9 Å². The highest BCUT2D eigenvalue weighted by Gasteiger charge is 2.35. The first kappa shape index (κ1) is 11.4. The van der Waals surface area contributed by atoms with Gasteiger partial charge in [-0.3, -0.25) is 0 Å². The summed E-state index contributed by atoms with van der Waals surface area (Å²) in [6, 6.07) is 0.420. The van der Waals surface area contributed by atoms with Crippen LogP contribution in [-0.2, 0) is 4.74 Å². The van der Waals surface area contributed by atoms with Crippen LogP contribution in [0.1, 0.15) is 51.9 Å². The van der Waals surface area contributed by atoms with Gasteiger partial charge in [0, 0.05) is 19.3 Å². The lowest BCUT2D eigenvalue weighted by atomic mass is 9.76. The van der Waals surface area contributed by atoms with Crippen LogP contribution in [0, 0.1) is 11.3 Å². The molecule has 1 aliphatic carbocycles. The Bertz CT molecular complexity index is 193. The van der Waals surface area contributed by atoms with E-state index < -0.39 is 0 Å². The van der Waals surface area contributed by atoms with Gasteiger partial charge in [-0.05, 0) is 43.4 Å². The van der Waals surface area contributed by atoms with E-state index in [4.69, 9.17) is 10.5 Å². The summed E-state index contributed by atoms with van der Waals surface area (Å²) in [6.45, 7) is 4.30. The zero-order valence-corrected chi connectivity index (χ0v) is 10.0. The van der Waals surface area contributed by atoms with E-state index in [2.05, 4.69) is 6.92 Å². The molecule has 0 aromatic carbocycles. The molecule has 2 heteroatoms. The zero-order valence-electron chi connectivity index (χ0n) is 10.0. The number of hydrogen-bond donors (Lipinski definition) is 1. The van der Waals surface area contributed by atoms with E-state index in [1.807, 2.05) is 0 Å². The van der Waals surface area contributed by atoms with Crippen molar-refractivity contribution in [3.8, 4) is 0 Å². The van der Waals surface area contributed by atoms with Crippen LogP contribution < -0.4 is 5.73 Å². The van der Waals surface area contributed by atoms with Gasteiger partial charge in [0.25, 0.3) is 0 Å². The largest absolute Gasteiger partial charge is 0.381 e. The Kier molecular flexibility index (Phi) is 3.68. The first-order valence-corrected chi connectivity index (χ1v) is 6.54. The predicted molar refractivity (Wildman–Crippen MR) is 62.7 cm³/mol. The van der Waals surface area contributed by atoms with Crippen LogP contribution in [0.15, 0.2) is 0 Å². The standard InChI is InChI=1S/C13H25NO/c1-13(6-2-3-7-13)12(14)10-11-4-8-15-9-5-11/h11-12H,2-10,14H2,1H3. The van der Waals surface area contributed by atoms with E-state index in [1.165, 1.54) is 44.9 Å². The van der Waals surface area contributed by atoms with Crippen LogP contribution in [0.5, 0.6) is 0 Å². The van der Waals surface area contributed by atoms with Gasteiger partial charge in [-0.15, -0.1) is 0 Å². The minimum absolute atomic E-state index is 0.420. The summed E-state index contributed by atoms with van der Waals surface area (Å²) < 4.78 is 5.39. The van der Waals surface area contributed by atoms with E-state index in [-0.39, 0.29) is 0 Å². The second kappa shape index (κ2) is 4.84. The molecule has 1 heterocycles. The molecule has 2 nitrogen and oxygen atoms in total. The van der Waals surface area contributed by atoms with Crippen LogP contribution in [0.2, 0.25) is 0 Å². The van der Waals surface area contributed by atoms with E-state index in [9.17, 15) is 0 Å². The molecule has 0 aromatic rings. The Morgan fingerprint density at radius 1 is 1.27 bits per heavy atom. The highest BCUT2D eigenvalue weighted by atomic mass is 16.5. The fraction of sp³-hybridized carbons (Fsp3) is 1.00. The smallest absolute Gasteiger partial charge is 0.0468 e. The van der Waals surface area contributed by atoms with Gasteiger partial charge in [0.15, 0.2) is 0 Å². The molecule has 1 saturated heterocycles. The molecule has 0 amide bonds.